The third-order valence-corrected chi connectivity index (χ3v) is 17.4. The molecule has 0 fully saturated rings. The van der Waals surface area contributed by atoms with Gasteiger partial charge in [-0.3, -0.25) is 4.98 Å². The van der Waals surface area contributed by atoms with E-state index in [2.05, 4.69) is 314 Å². The van der Waals surface area contributed by atoms with Crippen LogP contribution in [0, 0.1) is 0 Å². The van der Waals surface area contributed by atoms with E-state index in [1.54, 1.807) is 0 Å². The van der Waals surface area contributed by atoms with Crippen LogP contribution in [-0.2, 0) is 21.7 Å². The van der Waals surface area contributed by atoms with Crippen LogP contribution < -0.4 is 0 Å². The van der Waals surface area contributed by atoms with Gasteiger partial charge in [-0.05, 0) is 111 Å². The Balaban J connectivity index is 0.872. The molecule has 13 rings (SSSR count). The van der Waals surface area contributed by atoms with Gasteiger partial charge in [0, 0.05) is 45.1 Å². The van der Waals surface area contributed by atoms with Gasteiger partial charge in [-0.15, -0.1) is 0 Å². The molecule has 0 saturated heterocycles. The number of benzene rings is 10. The summed E-state index contributed by atoms with van der Waals surface area (Å²) in [5.74, 6) is 3.69. The van der Waals surface area contributed by atoms with Crippen molar-refractivity contribution in [3.8, 4) is 113 Å². The maximum absolute atomic E-state index is 5.23. The zero-order valence-corrected chi connectivity index (χ0v) is 53.6. The van der Waals surface area contributed by atoms with Crippen molar-refractivity contribution in [2.75, 3.05) is 0 Å². The maximum atomic E-state index is 5.23. The highest BCUT2D eigenvalue weighted by Crippen LogP contribution is 2.48. The Morgan fingerprint density at radius 2 is 0.444 bits per heavy atom. The molecule has 0 unspecified atom stereocenters. The fourth-order valence-corrected chi connectivity index (χ4v) is 12.1. The predicted molar refractivity (Wildman–Crippen MR) is 375 cm³/mol. The van der Waals surface area contributed by atoms with Crippen molar-refractivity contribution in [1.29, 1.82) is 0 Å². The monoisotopic (exact) mass is 1170 g/mol. The first-order valence-electron chi connectivity index (χ1n) is 31.3. The smallest absolute Gasteiger partial charge is 0.165 e. The minimum Gasteiger partial charge on any atom is -0.255 e. The molecule has 90 heavy (non-hydrogen) atoms. The number of hydrogen-bond acceptors (Lipinski definition) is 7. The van der Waals surface area contributed by atoms with E-state index in [4.69, 9.17) is 34.9 Å². The van der Waals surface area contributed by atoms with Gasteiger partial charge >= 0.3 is 0 Å². The zero-order chi connectivity index (χ0) is 62.7. The lowest BCUT2D eigenvalue weighted by molar-refractivity contribution is 0.590. The average Bonchev–Trinajstić information content (AvgIpc) is 0.742. The first kappa shape index (κ1) is 58.9. The van der Waals surface area contributed by atoms with Gasteiger partial charge < -0.3 is 0 Å². The van der Waals surface area contributed by atoms with E-state index in [1.807, 2.05) is 6.20 Å². The normalized spacial score (nSPS) is 12.2. The summed E-state index contributed by atoms with van der Waals surface area (Å²) in [4.78, 5) is 36.0. The molecule has 3 aromatic heterocycles. The fourth-order valence-electron chi connectivity index (χ4n) is 12.1. The van der Waals surface area contributed by atoms with E-state index in [0.717, 1.165) is 94.0 Å². The Kier molecular flexibility index (Phi) is 15.1. The number of pyridine rings is 1. The molecule has 0 saturated carbocycles. The number of hydrogen-bond donors (Lipinski definition) is 0. The summed E-state index contributed by atoms with van der Waals surface area (Å²) in [6, 6.07) is 82.5. The number of aromatic nitrogens is 7. The first-order chi connectivity index (χ1) is 43.1. The summed E-state index contributed by atoms with van der Waals surface area (Å²) in [6.45, 7) is 26.8. The maximum Gasteiger partial charge on any atom is 0.165 e. The minimum atomic E-state index is 0.0133. The molecule has 442 valence electrons. The summed E-state index contributed by atoms with van der Waals surface area (Å²) in [5.41, 5.74) is 19.2. The van der Waals surface area contributed by atoms with Crippen LogP contribution in [0.25, 0.3) is 135 Å². The second-order valence-corrected chi connectivity index (χ2v) is 27.9. The van der Waals surface area contributed by atoms with Crippen molar-refractivity contribution in [3.05, 3.63) is 259 Å². The molecular formula is C83H75N7. The number of nitrogens with zero attached hydrogens (tertiary/aromatic N) is 7. The van der Waals surface area contributed by atoms with E-state index in [-0.39, 0.29) is 21.7 Å². The largest absolute Gasteiger partial charge is 0.255 e. The lowest BCUT2D eigenvalue weighted by atomic mass is 9.82. The Labute approximate surface area is 530 Å². The summed E-state index contributed by atoms with van der Waals surface area (Å²) in [7, 11) is 0. The van der Waals surface area contributed by atoms with Crippen LogP contribution in [0.3, 0.4) is 0 Å². The lowest BCUT2D eigenvalue weighted by Crippen LogP contribution is -2.11. The quantitative estimate of drug-likeness (QED) is 0.126. The molecule has 0 spiro atoms. The Bertz CT molecular complexity index is 4270. The van der Waals surface area contributed by atoms with Crippen molar-refractivity contribution >= 4 is 21.5 Å². The number of fused-ring (bicyclic) bond motifs is 2. The van der Waals surface area contributed by atoms with Crippen molar-refractivity contribution in [1.82, 2.24) is 34.9 Å². The van der Waals surface area contributed by atoms with E-state index < -0.39 is 0 Å². The summed E-state index contributed by atoms with van der Waals surface area (Å²) >= 11 is 0. The molecule has 0 aliphatic heterocycles. The molecule has 0 aliphatic carbocycles. The highest BCUT2D eigenvalue weighted by Gasteiger charge is 2.24. The summed E-state index contributed by atoms with van der Waals surface area (Å²) < 4.78 is 0. The van der Waals surface area contributed by atoms with Crippen LogP contribution >= 0.6 is 0 Å². The molecule has 0 bridgehead atoms. The van der Waals surface area contributed by atoms with Crippen molar-refractivity contribution in [2.24, 2.45) is 0 Å². The van der Waals surface area contributed by atoms with Crippen molar-refractivity contribution < 1.29 is 0 Å². The highest BCUT2D eigenvalue weighted by molar-refractivity contribution is 6.23. The second-order valence-electron chi connectivity index (χ2n) is 27.9. The Morgan fingerprint density at radius 3 is 0.733 bits per heavy atom. The van der Waals surface area contributed by atoms with Crippen LogP contribution in [0.5, 0.6) is 0 Å². The molecule has 7 heteroatoms. The van der Waals surface area contributed by atoms with E-state index in [0.29, 0.717) is 34.9 Å². The molecule has 0 aliphatic rings. The van der Waals surface area contributed by atoms with E-state index >= 15 is 0 Å². The molecule has 0 N–H and O–H groups in total. The van der Waals surface area contributed by atoms with Gasteiger partial charge in [0.05, 0.1) is 5.69 Å². The molecule has 10 aromatic carbocycles. The van der Waals surface area contributed by atoms with Crippen LogP contribution in [0.1, 0.15) is 105 Å². The summed E-state index contributed by atoms with van der Waals surface area (Å²) in [5, 5.41) is 4.62. The fraction of sp³-hybridized carbons (Fsp3) is 0.193. The lowest BCUT2D eigenvalue weighted by Gasteiger charge is -2.21. The molecule has 0 atom stereocenters. The van der Waals surface area contributed by atoms with Gasteiger partial charge in [-0.25, -0.2) is 29.9 Å². The van der Waals surface area contributed by atoms with Gasteiger partial charge in [-0.1, -0.05) is 301 Å². The standard InChI is InChI=1S/C83H75N7/c1-80(2,3)59-42-33-54(34-43-59)75-85-74(86-76(87-75)55-35-44-60(45-36-55)81(4,5)6)53-31-29-52(30-32-53)63-21-13-15-23-65(63)72-67-25-17-19-27-69(67)73(70-28-20-18-26-68(70)72)66-24-16-14-22-64(66)71-50-41-58(51-84-71)79-89-77(56-37-46-61(47-38-56)82(7,8)9)88-78(90-79)57-39-48-62(49-40-57)83(10,11)12/h13-51H,1-12H3. The molecule has 0 radical (unpaired) electrons. The van der Waals surface area contributed by atoms with E-state index in [1.165, 1.54) is 27.8 Å². The van der Waals surface area contributed by atoms with Crippen molar-refractivity contribution in [2.45, 2.75) is 105 Å². The molecule has 0 amide bonds. The zero-order valence-electron chi connectivity index (χ0n) is 53.6. The van der Waals surface area contributed by atoms with Gasteiger partial charge in [0.2, 0.25) is 0 Å². The van der Waals surface area contributed by atoms with Crippen LogP contribution in [0.15, 0.2) is 237 Å². The Morgan fingerprint density at radius 1 is 0.211 bits per heavy atom. The SMILES string of the molecule is CC(C)(C)c1ccc(-c2nc(-c3ccc(-c4ccccc4-c4c5ccccc5c(-c5ccccc5-c5ccc(-c6nc(-c7ccc(C(C)(C)C)cc7)nc(-c7ccc(C(C)(C)C)cc7)n6)cn5)c5ccccc45)cc3)nc(-c3ccc(C(C)(C)C)cc3)n2)cc1. The molecule has 7 nitrogen and oxygen atoms in total. The highest BCUT2D eigenvalue weighted by atomic mass is 15.0. The molecule has 13 aromatic rings. The third kappa shape index (κ3) is 11.8. The van der Waals surface area contributed by atoms with Crippen LogP contribution in [-0.4, -0.2) is 34.9 Å². The van der Waals surface area contributed by atoms with Gasteiger partial charge in [0.1, 0.15) is 0 Å². The van der Waals surface area contributed by atoms with Crippen LogP contribution in [0.4, 0.5) is 0 Å². The first-order valence-corrected chi connectivity index (χ1v) is 31.3. The predicted octanol–water partition coefficient (Wildman–Crippen LogP) is 21.6. The minimum absolute atomic E-state index is 0.0133. The Hall–Kier alpha value is -10.1. The van der Waals surface area contributed by atoms with Gasteiger partial charge in [0.15, 0.2) is 34.9 Å². The number of rotatable bonds is 10. The molecule has 3 heterocycles. The molecular weight excluding hydrogens is 1090 g/mol. The van der Waals surface area contributed by atoms with Gasteiger partial charge in [-0.2, -0.15) is 0 Å². The van der Waals surface area contributed by atoms with Crippen LogP contribution in [0.2, 0.25) is 0 Å². The topological polar surface area (TPSA) is 90.2 Å². The third-order valence-electron chi connectivity index (χ3n) is 17.4. The van der Waals surface area contributed by atoms with Gasteiger partial charge in [0.25, 0.3) is 0 Å². The van der Waals surface area contributed by atoms with Crippen molar-refractivity contribution in [3.63, 3.8) is 0 Å². The van der Waals surface area contributed by atoms with E-state index in [9.17, 15) is 0 Å². The average molecular weight is 1170 g/mol. The second kappa shape index (κ2) is 23.1. The summed E-state index contributed by atoms with van der Waals surface area (Å²) in [6.07, 6.45) is 1.90.